The van der Waals surface area contributed by atoms with Crippen LogP contribution in [0.5, 0.6) is 5.75 Å². The molecule has 1 aromatic carbocycles. The van der Waals surface area contributed by atoms with Crippen LogP contribution in [0.15, 0.2) is 42.1 Å². The van der Waals surface area contributed by atoms with Crippen LogP contribution in [-0.2, 0) is 0 Å². The number of hydrogen-bond donors (Lipinski definition) is 0. The third-order valence-corrected chi connectivity index (χ3v) is 5.66. The SMILES string of the molecule is CC=C1CN2CC[C@H]1C[C@@H]2[C@H](F)c1ccnc2ccc(OC)cc12. The minimum atomic E-state index is -0.996. The largest absolute Gasteiger partial charge is 0.497 e. The molecule has 3 nitrogen and oxygen atoms in total. The van der Waals surface area contributed by atoms with Crippen molar-refractivity contribution in [2.75, 3.05) is 20.2 Å². The molecule has 3 saturated heterocycles. The quantitative estimate of drug-likeness (QED) is 0.787. The Morgan fingerprint density at radius 3 is 2.96 bits per heavy atom. The molecule has 0 saturated carbocycles. The van der Waals surface area contributed by atoms with E-state index in [9.17, 15) is 0 Å². The fraction of sp³-hybridized carbons (Fsp3) is 0.450. The highest BCUT2D eigenvalue weighted by molar-refractivity contribution is 5.84. The Morgan fingerprint density at radius 1 is 1.38 bits per heavy atom. The molecule has 0 amide bonds. The van der Waals surface area contributed by atoms with Crippen LogP contribution in [0.3, 0.4) is 0 Å². The molecule has 0 aliphatic carbocycles. The highest BCUT2D eigenvalue weighted by Crippen LogP contribution is 2.43. The minimum Gasteiger partial charge on any atom is -0.497 e. The number of alkyl halides is 1. The van der Waals surface area contributed by atoms with Crippen LogP contribution in [0.4, 0.5) is 4.39 Å². The molecule has 24 heavy (non-hydrogen) atoms. The van der Waals surface area contributed by atoms with Crippen molar-refractivity contribution in [1.29, 1.82) is 0 Å². The van der Waals surface area contributed by atoms with Crippen molar-refractivity contribution in [3.63, 3.8) is 0 Å². The Labute approximate surface area is 142 Å². The van der Waals surface area contributed by atoms with E-state index in [1.807, 2.05) is 24.3 Å². The molecule has 3 aliphatic heterocycles. The predicted molar refractivity (Wildman–Crippen MR) is 94.0 cm³/mol. The summed E-state index contributed by atoms with van der Waals surface area (Å²) in [5, 5.41) is 0.859. The maximum atomic E-state index is 15.5. The Morgan fingerprint density at radius 2 is 2.25 bits per heavy atom. The van der Waals surface area contributed by atoms with E-state index < -0.39 is 6.17 Å². The number of rotatable bonds is 3. The van der Waals surface area contributed by atoms with E-state index in [4.69, 9.17) is 4.74 Å². The fourth-order valence-corrected chi connectivity index (χ4v) is 4.30. The van der Waals surface area contributed by atoms with Gasteiger partial charge in [-0.1, -0.05) is 11.6 Å². The summed E-state index contributed by atoms with van der Waals surface area (Å²) >= 11 is 0. The third kappa shape index (κ3) is 2.49. The van der Waals surface area contributed by atoms with Gasteiger partial charge in [-0.25, -0.2) is 4.39 Å². The van der Waals surface area contributed by atoms with Gasteiger partial charge in [-0.15, -0.1) is 0 Å². The molecule has 3 fully saturated rings. The van der Waals surface area contributed by atoms with Crippen LogP contribution in [0.25, 0.3) is 10.9 Å². The first-order valence-electron chi connectivity index (χ1n) is 8.67. The number of benzene rings is 1. The summed E-state index contributed by atoms with van der Waals surface area (Å²) in [4.78, 5) is 6.69. The smallest absolute Gasteiger partial charge is 0.141 e. The lowest BCUT2D eigenvalue weighted by atomic mass is 9.77. The zero-order valence-electron chi connectivity index (χ0n) is 14.2. The Bertz CT molecular complexity index is 788. The number of aromatic nitrogens is 1. The monoisotopic (exact) mass is 326 g/mol. The molecule has 4 atom stereocenters. The molecular formula is C20H23FN2O. The summed E-state index contributed by atoms with van der Waals surface area (Å²) in [7, 11) is 1.63. The van der Waals surface area contributed by atoms with E-state index in [1.54, 1.807) is 13.3 Å². The Hall–Kier alpha value is -1.94. The lowest BCUT2D eigenvalue weighted by molar-refractivity contribution is 0.0356. The van der Waals surface area contributed by atoms with Gasteiger partial charge in [0.25, 0.3) is 0 Å². The molecule has 0 radical (unpaired) electrons. The van der Waals surface area contributed by atoms with Crippen LogP contribution >= 0.6 is 0 Å². The van der Waals surface area contributed by atoms with Gasteiger partial charge in [-0.3, -0.25) is 9.88 Å². The summed E-state index contributed by atoms with van der Waals surface area (Å²) in [5.74, 6) is 1.29. The second-order valence-electron chi connectivity index (χ2n) is 6.81. The van der Waals surface area contributed by atoms with Crippen molar-refractivity contribution >= 4 is 10.9 Å². The molecule has 2 aromatic rings. The Kier molecular flexibility index (Phi) is 4.01. The number of hydrogen-bond acceptors (Lipinski definition) is 3. The van der Waals surface area contributed by atoms with Gasteiger partial charge in [-0.05, 0) is 62.1 Å². The first-order valence-corrected chi connectivity index (χ1v) is 8.67. The molecule has 0 spiro atoms. The lowest BCUT2D eigenvalue weighted by Crippen LogP contribution is -2.51. The van der Waals surface area contributed by atoms with Gasteiger partial charge < -0.3 is 4.74 Å². The van der Waals surface area contributed by atoms with Gasteiger partial charge in [0.05, 0.1) is 12.6 Å². The number of methoxy groups -OCH3 is 1. The van der Waals surface area contributed by atoms with Crippen molar-refractivity contribution < 1.29 is 9.13 Å². The first-order chi connectivity index (χ1) is 11.7. The van der Waals surface area contributed by atoms with Crippen LogP contribution < -0.4 is 4.74 Å². The van der Waals surface area contributed by atoms with Crippen molar-refractivity contribution in [2.24, 2.45) is 5.92 Å². The van der Waals surface area contributed by atoms with Crippen LogP contribution in [0.2, 0.25) is 0 Å². The van der Waals surface area contributed by atoms with Crippen molar-refractivity contribution in [1.82, 2.24) is 9.88 Å². The van der Waals surface area contributed by atoms with E-state index in [0.717, 1.165) is 48.1 Å². The molecule has 1 aromatic heterocycles. The number of allylic oxidation sites excluding steroid dienone is 1. The van der Waals surface area contributed by atoms with Crippen molar-refractivity contribution in [2.45, 2.75) is 32.0 Å². The third-order valence-electron chi connectivity index (χ3n) is 5.66. The highest BCUT2D eigenvalue weighted by Gasteiger charge is 2.41. The summed E-state index contributed by atoms with van der Waals surface area (Å²) < 4.78 is 20.9. The van der Waals surface area contributed by atoms with Gasteiger partial charge in [0.2, 0.25) is 0 Å². The summed E-state index contributed by atoms with van der Waals surface area (Å²) in [6.45, 7) is 4.01. The highest BCUT2D eigenvalue weighted by atomic mass is 19.1. The predicted octanol–water partition coefficient (Wildman–Crippen LogP) is 4.29. The number of piperidine rings is 3. The van der Waals surface area contributed by atoms with Gasteiger partial charge in [0, 0.05) is 24.2 Å². The number of halogens is 1. The molecule has 1 unspecified atom stereocenters. The maximum Gasteiger partial charge on any atom is 0.141 e. The van der Waals surface area contributed by atoms with Crippen LogP contribution in [-0.4, -0.2) is 36.1 Å². The second-order valence-corrected chi connectivity index (χ2v) is 6.81. The number of pyridine rings is 1. The van der Waals surface area contributed by atoms with Gasteiger partial charge in [0.1, 0.15) is 11.9 Å². The molecule has 2 bridgehead atoms. The zero-order valence-corrected chi connectivity index (χ0v) is 14.2. The van der Waals surface area contributed by atoms with Gasteiger partial charge in [-0.2, -0.15) is 0 Å². The molecule has 5 rings (SSSR count). The molecule has 4 heteroatoms. The van der Waals surface area contributed by atoms with E-state index >= 15 is 4.39 Å². The zero-order chi connectivity index (χ0) is 16.7. The number of fused-ring (bicyclic) bond motifs is 4. The molecule has 126 valence electrons. The normalized spacial score (nSPS) is 29.1. The van der Waals surface area contributed by atoms with Crippen LogP contribution in [0, 0.1) is 5.92 Å². The second kappa shape index (κ2) is 6.17. The van der Waals surface area contributed by atoms with Crippen molar-refractivity contribution in [3.05, 3.63) is 47.7 Å². The number of ether oxygens (including phenoxy) is 1. The average molecular weight is 326 g/mol. The summed E-state index contributed by atoms with van der Waals surface area (Å²) in [6.07, 6.45) is 5.00. The fourth-order valence-electron chi connectivity index (χ4n) is 4.30. The van der Waals surface area contributed by atoms with Crippen molar-refractivity contribution in [3.8, 4) is 5.75 Å². The Balaban J connectivity index is 1.70. The topological polar surface area (TPSA) is 25.4 Å². The molecule has 3 aliphatic rings. The molecular weight excluding hydrogens is 303 g/mol. The van der Waals surface area contributed by atoms with E-state index in [1.165, 1.54) is 5.57 Å². The van der Waals surface area contributed by atoms with E-state index in [0.29, 0.717) is 5.92 Å². The first kappa shape index (κ1) is 15.6. The summed E-state index contributed by atoms with van der Waals surface area (Å²) in [6, 6.07) is 7.46. The van der Waals surface area contributed by atoms with E-state index in [-0.39, 0.29) is 6.04 Å². The van der Waals surface area contributed by atoms with E-state index in [2.05, 4.69) is 22.9 Å². The lowest BCUT2D eigenvalue weighted by Gasteiger charge is -2.48. The number of nitrogens with zero attached hydrogens (tertiary/aromatic N) is 2. The van der Waals surface area contributed by atoms with Gasteiger partial charge >= 0.3 is 0 Å². The standard InChI is InChI=1S/C20H23FN2O/c1-3-13-12-23-9-7-14(13)10-19(23)20(21)16-6-8-22-18-5-4-15(24-2)11-17(16)18/h3-6,8,11,14,19-20H,7,9-10,12H2,1-2H3/t14-,19+,20+/m0/s1. The molecule has 0 N–H and O–H groups in total. The van der Waals surface area contributed by atoms with Gasteiger partial charge in [0.15, 0.2) is 0 Å². The minimum absolute atomic E-state index is 0.0377. The average Bonchev–Trinajstić information content (AvgIpc) is 2.66. The summed E-state index contributed by atoms with van der Waals surface area (Å²) in [5.41, 5.74) is 3.03. The maximum absolute atomic E-state index is 15.5. The molecule has 4 heterocycles. The van der Waals surface area contributed by atoms with Crippen LogP contribution in [0.1, 0.15) is 31.5 Å².